The van der Waals surface area contributed by atoms with Crippen LogP contribution in [0.25, 0.3) is 0 Å². The van der Waals surface area contributed by atoms with Crippen LogP contribution in [-0.2, 0) is 16.1 Å². The average molecular weight is 312 g/mol. The minimum atomic E-state index is -0.960. The number of ether oxygens (including phenoxy) is 1. The van der Waals surface area contributed by atoms with Crippen molar-refractivity contribution in [1.82, 2.24) is 10.1 Å². The Bertz CT molecular complexity index is 530. The van der Waals surface area contributed by atoms with Gasteiger partial charge in [0.15, 0.2) is 5.76 Å². The lowest BCUT2D eigenvalue weighted by Gasteiger charge is -2.24. The third-order valence-electron chi connectivity index (χ3n) is 2.92. The van der Waals surface area contributed by atoms with Crippen LogP contribution in [0.4, 0.5) is 4.79 Å². The van der Waals surface area contributed by atoms with Crippen molar-refractivity contribution in [3.63, 3.8) is 0 Å². The molecule has 22 heavy (non-hydrogen) atoms. The Hall–Kier alpha value is -2.05. The molecule has 0 aromatic carbocycles. The lowest BCUT2D eigenvalue weighted by molar-refractivity contribution is -0.140. The largest absolute Gasteiger partial charge is 0.481 e. The molecule has 1 N–H and O–H groups in total. The number of hydrogen-bond donors (Lipinski definition) is 1. The van der Waals surface area contributed by atoms with Crippen LogP contribution in [0.5, 0.6) is 0 Å². The maximum atomic E-state index is 11.9. The van der Waals surface area contributed by atoms with E-state index in [-0.39, 0.29) is 18.2 Å². The SMILES string of the molecule is CC(C)C(C(=O)O)c1cc(CN(C)C(=O)OC(C)(C)C)no1. The summed E-state index contributed by atoms with van der Waals surface area (Å²) in [6.07, 6.45) is -0.476. The zero-order valence-electron chi connectivity index (χ0n) is 13.9. The van der Waals surface area contributed by atoms with Gasteiger partial charge in [-0.2, -0.15) is 0 Å². The number of carbonyl (C=O) groups is 2. The van der Waals surface area contributed by atoms with Crippen LogP contribution in [0.3, 0.4) is 0 Å². The molecule has 1 amide bonds. The smallest absolute Gasteiger partial charge is 0.410 e. The molecule has 0 aliphatic heterocycles. The second kappa shape index (κ2) is 6.81. The van der Waals surface area contributed by atoms with E-state index < -0.39 is 23.6 Å². The normalized spacial score (nSPS) is 13.0. The molecule has 7 heteroatoms. The van der Waals surface area contributed by atoms with Crippen molar-refractivity contribution in [2.75, 3.05) is 7.05 Å². The summed E-state index contributed by atoms with van der Waals surface area (Å²) in [5, 5.41) is 13.1. The van der Waals surface area contributed by atoms with Gasteiger partial charge in [-0.25, -0.2) is 4.79 Å². The van der Waals surface area contributed by atoms with Gasteiger partial charge in [0.25, 0.3) is 0 Å². The summed E-state index contributed by atoms with van der Waals surface area (Å²) < 4.78 is 10.4. The topological polar surface area (TPSA) is 92.9 Å². The predicted octanol–water partition coefficient (Wildman–Crippen LogP) is 2.87. The summed E-state index contributed by atoms with van der Waals surface area (Å²) in [7, 11) is 1.58. The summed E-state index contributed by atoms with van der Waals surface area (Å²) in [6.45, 7) is 9.14. The number of aromatic nitrogens is 1. The quantitative estimate of drug-likeness (QED) is 0.898. The molecular formula is C15H24N2O5. The van der Waals surface area contributed by atoms with Crippen molar-refractivity contribution in [3.8, 4) is 0 Å². The van der Waals surface area contributed by atoms with E-state index in [1.165, 1.54) is 4.90 Å². The van der Waals surface area contributed by atoms with Crippen molar-refractivity contribution in [2.24, 2.45) is 5.92 Å². The van der Waals surface area contributed by atoms with E-state index in [1.807, 2.05) is 0 Å². The molecule has 7 nitrogen and oxygen atoms in total. The van der Waals surface area contributed by atoms with Crippen LogP contribution in [0.15, 0.2) is 10.6 Å². The molecule has 0 aliphatic carbocycles. The lowest BCUT2D eigenvalue weighted by Crippen LogP contribution is -2.33. The second-order valence-electron chi connectivity index (χ2n) is 6.62. The molecule has 0 radical (unpaired) electrons. The van der Waals surface area contributed by atoms with Crippen molar-refractivity contribution in [1.29, 1.82) is 0 Å². The molecule has 0 spiro atoms. The predicted molar refractivity (Wildman–Crippen MR) is 79.4 cm³/mol. The maximum Gasteiger partial charge on any atom is 0.410 e. The van der Waals surface area contributed by atoms with Gasteiger partial charge in [0, 0.05) is 13.1 Å². The second-order valence-corrected chi connectivity index (χ2v) is 6.62. The third-order valence-corrected chi connectivity index (χ3v) is 2.92. The summed E-state index contributed by atoms with van der Waals surface area (Å²) in [4.78, 5) is 24.5. The van der Waals surface area contributed by atoms with E-state index in [2.05, 4.69) is 5.16 Å². The van der Waals surface area contributed by atoms with Crippen LogP contribution in [0, 0.1) is 5.92 Å². The standard InChI is InChI=1S/C15H24N2O5/c1-9(2)12(13(18)19)11-7-10(16-22-11)8-17(6)14(20)21-15(3,4)5/h7,9,12H,8H2,1-6H3,(H,18,19). The van der Waals surface area contributed by atoms with Crippen molar-refractivity contribution in [3.05, 3.63) is 17.5 Å². The van der Waals surface area contributed by atoms with Gasteiger partial charge in [0.05, 0.1) is 6.54 Å². The molecule has 1 heterocycles. The zero-order valence-corrected chi connectivity index (χ0v) is 13.9. The Morgan fingerprint density at radius 1 is 1.41 bits per heavy atom. The highest BCUT2D eigenvalue weighted by atomic mass is 16.6. The van der Waals surface area contributed by atoms with Crippen molar-refractivity contribution < 1.29 is 24.0 Å². The summed E-state index contributed by atoms with van der Waals surface area (Å²) in [5.74, 6) is -1.55. The number of aliphatic carboxylic acids is 1. The third kappa shape index (κ3) is 5.05. The molecule has 0 fully saturated rings. The molecule has 1 aromatic heterocycles. The van der Waals surface area contributed by atoms with Crippen LogP contribution < -0.4 is 0 Å². The minimum Gasteiger partial charge on any atom is -0.481 e. The van der Waals surface area contributed by atoms with Crippen LogP contribution in [-0.4, -0.2) is 39.9 Å². The molecule has 0 bridgehead atoms. The molecule has 1 aromatic rings. The van der Waals surface area contributed by atoms with E-state index in [0.717, 1.165) is 0 Å². The van der Waals surface area contributed by atoms with Crippen molar-refractivity contribution >= 4 is 12.1 Å². The fraction of sp³-hybridized carbons (Fsp3) is 0.667. The number of rotatable bonds is 5. The van der Waals surface area contributed by atoms with Crippen LogP contribution >= 0.6 is 0 Å². The first-order chi connectivity index (χ1) is 10.0. The average Bonchev–Trinajstić information content (AvgIpc) is 2.73. The van der Waals surface area contributed by atoms with Gasteiger partial charge in [-0.3, -0.25) is 4.79 Å². The highest BCUT2D eigenvalue weighted by molar-refractivity contribution is 5.75. The number of carboxylic acids is 1. The monoisotopic (exact) mass is 312 g/mol. The van der Waals surface area contributed by atoms with Crippen LogP contribution in [0.2, 0.25) is 0 Å². The maximum absolute atomic E-state index is 11.9. The van der Waals surface area contributed by atoms with Gasteiger partial charge in [-0.1, -0.05) is 19.0 Å². The van der Waals surface area contributed by atoms with E-state index in [9.17, 15) is 14.7 Å². The van der Waals surface area contributed by atoms with Gasteiger partial charge in [-0.05, 0) is 26.7 Å². The summed E-state index contributed by atoms with van der Waals surface area (Å²) in [6, 6.07) is 1.57. The van der Waals surface area contributed by atoms with Gasteiger partial charge >= 0.3 is 12.1 Å². The summed E-state index contributed by atoms with van der Waals surface area (Å²) >= 11 is 0. The van der Waals surface area contributed by atoms with Gasteiger partial charge < -0.3 is 19.3 Å². The Kier molecular flexibility index (Phi) is 5.57. The molecule has 0 saturated heterocycles. The van der Waals surface area contributed by atoms with E-state index in [1.54, 1.807) is 47.7 Å². The number of carbonyl (C=O) groups excluding carboxylic acids is 1. The number of nitrogens with zero attached hydrogens (tertiary/aromatic N) is 2. The number of hydrogen-bond acceptors (Lipinski definition) is 5. The fourth-order valence-corrected chi connectivity index (χ4v) is 1.93. The molecule has 1 atom stereocenters. The van der Waals surface area contributed by atoms with Crippen molar-refractivity contribution in [2.45, 2.75) is 52.7 Å². The zero-order chi connectivity index (χ0) is 17.1. The lowest BCUT2D eigenvalue weighted by atomic mass is 9.93. The highest BCUT2D eigenvalue weighted by Crippen LogP contribution is 2.25. The molecule has 124 valence electrons. The molecular weight excluding hydrogens is 288 g/mol. The minimum absolute atomic E-state index is 0.123. The summed E-state index contributed by atoms with van der Waals surface area (Å²) in [5.41, 5.74) is -0.0953. The number of amides is 1. The van der Waals surface area contributed by atoms with Gasteiger partial charge in [-0.15, -0.1) is 0 Å². The molecule has 0 saturated carbocycles. The Morgan fingerprint density at radius 2 is 2.00 bits per heavy atom. The van der Waals surface area contributed by atoms with Gasteiger partial charge in [0.1, 0.15) is 17.2 Å². The van der Waals surface area contributed by atoms with E-state index >= 15 is 0 Å². The highest BCUT2D eigenvalue weighted by Gasteiger charge is 2.28. The molecule has 1 unspecified atom stereocenters. The number of carboxylic acid groups (broad SMARTS) is 1. The first kappa shape index (κ1) is 18.0. The Balaban J connectivity index is 2.76. The first-order valence-electron chi connectivity index (χ1n) is 7.13. The molecule has 1 rings (SSSR count). The molecule has 0 aliphatic rings. The Labute approximate surface area is 130 Å². The van der Waals surface area contributed by atoms with Crippen LogP contribution in [0.1, 0.15) is 52.0 Å². The first-order valence-corrected chi connectivity index (χ1v) is 7.13. The fourth-order valence-electron chi connectivity index (χ4n) is 1.93. The van der Waals surface area contributed by atoms with E-state index in [0.29, 0.717) is 5.69 Å². The van der Waals surface area contributed by atoms with Gasteiger partial charge in [0.2, 0.25) is 0 Å². The van der Waals surface area contributed by atoms with E-state index in [4.69, 9.17) is 9.26 Å². The Morgan fingerprint density at radius 3 is 2.45 bits per heavy atom.